The lowest BCUT2D eigenvalue weighted by atomic mass is 10.1. The zero-order chi connectivity index (χ0) is 14.7. The van der Waals surface area contributed by atoms with Crippen molar-refractivity contribution in [1.82, 2.24) is 0 Å². The van der Waals surface area contributed by atoms with Crippen molar-refractivity contribution in [2.24, 2.45) is 5.73 Å². The molecule has 0 fully saturated rings. The first kappa shape index (κ1) is 14.0. The summed E-state index contributed by atoms with van der Waals surface area (Å²) in [5.41, 5.74) is 7.30. The molecule has 0 bridgehead atoms. The van der Waals surface area contributed by atoms with Gasteiger partial charge in [-0.25, -0.2) is 0 Å². The number of nitro groups is 1. The number of rotatable bonds is 4. The number of hydrogen-bond acceptors (Lipinski definition) is 4. The third-order valence-electron chi connectivity index (χ3n) is 3.08. The maximum absolute atomic E-state index is 10.9. The fourth-order valence-electron chi connectivity index (χ4n) is 1.98. The van der Waals surface area contributed by atoms with E-state index in [1.165, 1.54) is 6.07 Å². The molecule has 20 heavy (non-hydrogen) atoms. The van der Waals surface area contributed by atoms with Crippen molar-refractivity contribution >= 4 is 5.69 Å². The van der Waals surface area contributed by atoms with Gasteiger partial charge in [0.1, 0.15) is 11.5 Å². The highest BCUT2D eigenvalue weighted by atomic mass is 16.6. The second kappa shape index (κ2) is 5.71. The van der Waals surface area contributed by atoms with E-state index in [1.807, 2.05) is 25.1 Å². The van der Waals surface area contributed by atoms with Gasteiger partial charge in [-0.3, -0.25) is 10.1 Å². The topological polar surface area (TPSA) is 78.4 Å². The van der Waals surface area contributed by atoms with E-state index in [9.17, 15) is 10.1 Å². The van der Waals surface area contributed by atoms with Gasteiger partial charge < -0.3 is 10.5 Å². The number of benzene rings is 2. The van der Waals surface area contributed by atoms with Crippen LogP contribution in [0.15, 0.2) is 42.5 Å². The van der Waals surface area contributed by atoms with Gasteiger partial charge in [-0.15, -0.1) is 0 Å². The summed E-state index contributed by atoms with van der Waals surface area (Å²) in [4.78, 5) is 10.5. The van der Waals surface area contributed by atoms with Gasteiger partial charge in [0.2, 0.25) is 0 Å². The normalized spacial score (nSPS) is 11.9. The van der Waals surface area contributed by atoms with Crippen LogP contribution in [0.2, 0.25) is 0 Å². The first-order valence-corrected chi connectivity index (χ1v) is 6.27. The summed E-state index contributed by atoms with van der Waals surface area (Å²) in [6, 6.07) is 12.0. The second-order valence-electron chi connectivity index (χ2n) is 4.59. The summed E-state index contributed by atoms with van der Waals surface area (Å²) in [6.07, 6.45) is 0. The zero-order valence-corrected chi connectivity index (χ0v) is 11.4. The van der Waals surface area contributed by atoms with Gasteiger partial charge in [0.15, 0.2) is 0 Å². The maximum atomic E-state index is 10.9. The van der Waals surface area contributed by atoms with E-state index in [4.69, 9.17) is 10.5 Å². The highest BCUT2D eigenvalue weighted by molar-refractivity contribution is 5.50. The number of ether oxygens (including phenoxy) is 1. The molecular formula is C15H16N2O3. The molecule has 0 aliphatic heterocycles. The van der Waals surface area contributed by atoms with Crippen LogP contribution in [0, 0.1) is 17.0 Å². The molecule has 2 aromatic carbocycles. The van der Waals surface area contributed by atoms with Gasteiger partial charge in [-0.05, 0) is 26.0 Å². The minimum absolute atomic E-state index is 0.0424. The fourth-order valence-corrected chi connectivity index (χ4v) is 1.98. The Bertz CT molecular complexity index is 639. The summed E-state index contributed by atoms with van der Waals surface area (Å²) < 4.78 is 5.81. The van der Waals surface area contributed by atoms with Crippen LogP contribution in [0.3, 0.4) is 0 Å². The van der Waals surface area contributed by atoms with Crippen molar-refractivity contribution in [3.8, 4) is 11.5 Å². The van der Waals surface area contributed by atoms with Gasteiger partial charge in [-0.1, -0.05) is 24.3 Å². The second-order valence-corrected chi connectivity index (χ2v) is 4.59. The lowest BCUT2D eigenvalue weighted by molar-refractivity contribution is -0.385. The number of nitrogens with zero attached hydrogens (tertiary/aromatic N) is 1. The minimum atomic E-state index is -0.417. The van der Waals surface area contributed by atoms with Gasteiger partial charge in [0.05, 0.1) is 10.5 Å². The predicted octanol–water partition coefficient (Wildman–Crippen LogP) is 3.72. The highest BCUT2D eigenvalue weighted by Crippen LogP contribution is 2.33. The Morgan fingerprint density at radius 3 is 2.45 bits per heavy atom. The summed E-state index contributed by atoms with van der Waals surface area (Å²) >= 11 is 0. The lowest BCUT2D eigenvalue weighted by Crippen LogP contribution is -2.06. The molecule has 5 nitrogen and oxygen atoms in total. The average Bonchev–Trinajstić information content (AvgIpc) is 2.41. The van der Waals surface area contributed by atoms with E-state index in [2.05, 4.69) is 0 Å². The van der Waals surface area contributed by atoms with Crippen LogP contribution in [0.25, 0.3) is 0 Å². The molecule has 0 aliphatic carbocycles. The Labute approximate surface area is 117 Å². The molecule has 0 radical (unpaired) electrons. The number of nitro benzene ring substituents is 1. The first-order valence-electron chi connectivity index (χ1n) is 6.27. The number of para-hydroxylation sites is 1. The van der Waals surface area contributed by atoms with Crippen molar-refractivity contribution in [2.45, 2.75) is 19.9 Å². The molecule has 0 heterocycles. The minimum Gasteiger partial charge on any atom is -0.456 e. The summed E-state index contributed by atoms with van der Waals surface area (Å²) in [7, 11) is 0. The Kier molecular flexibility index (Phi) is 4.00. The van der Waals surface area contributed by atoms with Crippen LogP contribution in [-0.2, 0) is 0 Å². The van der Waals surface area contributed by atoms with Crippen molar-refractivity contribution in [2.75, 3.05) is 0 Å². The average molecular weight is 272 g/mol. The molecule has 0 saturated carbocycles. The summed E-state index contributed by atoms with van der Waals surface area (Å²) in [5.74, 6) is 1.08. The lowest BCUT2D eigenvalue weighted by Gasteiger charge is -2.14. The molecule has 0 aromatic heterocycles. The quantitative estimate of drug-likeness (QED) is 0.679. The van der Waals surface area contributed by atoms with Crippen LogP contribution in [0.4, 0.5) is 5.69 Å². The van der Waals surface area contributed by atoms with Gasteiger partial charge in [-0.2, -0.15) is 0 Å². The monoisotopic (exact) mass is 272 g/mol. The van der Waals surface area contributed by atoms with Crippen LogP contribution >= 0.6 is 0 Å². The summed E-state index contributed by atoms with van der Waals surface area (Å²) in [6.45, 7) is 3.53. The third kappa shape index (κ3) is 2.78. The molecule has 5 heteroatoms. The largest absolute Gasteiger partial charge is 0.456 e. The van der Waals surface area contributed by atoms with E-state index in [0.717, 1.165) is 5.56 Å². The SMILES string of the molecule is Cc1c(Oc2ccccc2C(C)N)cccc1[N+](=O)[O-]. The highest BCUT2D eigenvalue weighted by Gasteiger charge is 2.16. The van der Waals surface area contributed by atoms with E-state index < -0.39 is 4.92 Å². The Morgan fingerprint density at radius 1 is 1.15 bits per heavy atom. The molecule has 104 valence electrons. The first-order chi connectivity index (χ1) is 9.50. The molecule has 1 unspecified atom stereocenters. The van der Waals surface area contributed by atoms with E-state index in [0.29, 0.717) is 17.1 Å². The van der Waals surface area contributed by atoms with E-state index in [-0.39, 0.29) is 11.7 Å². The predicted molar refractivity (Wildman–Crippen MR) is 77.0 cm³/mol. The molecule has 2 aromatic rings. The smallest absolute Gasteiger partial charge is 0.276 e. The van der Waals surface area contributed by atoms with Gasteiger partial charge in [0, 0.05) is 17.7 Å². The van der Waals surface area contributed by atoms with Gasteiger partial charge >= 0.3 is 0 Å². The van der Waals surface area contributed by atoms with Crippen LogP contribution < -0.4 is 10.5 Å². The van der Waals surface area contributed by atoms with Crippen LogP contribution in [0.1, 0.15) is 24.1 Å². The molecular weight excluding hydrogens is 256 g/mol. The molecule has 0 spiro atoms. The molecule has 1 atom stereocenters. The van der Waals surface area contributed by atoms with Gasteiger partial charge in [0.25, 0.3) is 5.69 Å². The van der Waals surface area contributed by atoms with Crippen molar-refractivity contribution in [1.29, 1.82) is 0 Å². The Morgan fingerprint density at radius 2 is 1.80 bits per heavy atom. The molecule has 0 aliphatic rings. The number of hydrogen-bond donors (Lipinski definition) is 1. The van der Waals surface area contributed by atoms with Crippen molar-refractivity contribution in [3.05, 3.63) is 63.7 Å². The third-order valence-corrected chi connectivity index (χ3v) is 3.08. The van der Waals surface area contributed by atoms with Crippen LogP contribution in [-0.4, -0.2) is 4.92 Å². The van der Waals surface area contributed by atoms with Crippen molar-refractivity contribution in [3.63, 3.8) is 0 Å². The number of nitrogens with two attached hydrogens (primary N) is 1. The molecule has 0 amide bonds. The maximum Gasteiger partial charge on any atom is 0.276 e. The standard InChI is InChI=1S/C15H16N2O3/c1-10-13(17(18)19)7-5-9-14(10)20-15-8-4-3-6-12(15)11(2)16/h3-9,11H,16H2,1-2H3. The molecule has 2 N–H and O–H groups in total. The Hall–Kier alpha value is -2.40. The summed E-state index contributed by atoms with van der Waals surface area (Å²) in [5, 5.41) is 10.9. The fraction of sp³-hybridized carbons (Fsp3) is 0.200. The molecule has 0 saturated heterocycles. The zero-order valence-electron chi connectivity index (χ0n) is 11.4. The molecule has 2 rings (SSSR count). The van der Waals surface area contributed by atoms with Crippen molar-refractivity contribution < 1.29 is 9.66 Å². The van der Waals surface area contributed by atoms with Crippen LogP contribution in [0.5, 0.6) is 11.5 Å². The Balaban J connectivity index is 2.41. The van der Waals surface area contributed by atoms with E-state index in [1.54, 1.807) is 25.1 Å². The van der Waals surface area contributed by atoms with E-state index >= 15 is 0 Å².